The van der Waals surface area contributed by atoms with Crippen molar-refractivity contribution >= 4 is 17.5 Å². The zero-order chi connectivity index (χ0) is 22.2. The molecular formula is C24H31FN4O2. The summed E-state index contributed by atoms with van der Waals surface area (Å²) in [7, 11) is 0. The summed E-state index contributed by atoms with van der Waals surface area (Å²) in [5.74, 6) is -0.412. The number of amides is 2. The molecule has 0 aliphatic carbocycles. The summed E-state index contributed by atoms with van der Waals surface area (Å²) in [4.78, 5) is 31.4. The predicted molar refractivity (Wildman–Crippen MR) is 120 cm³/mol. The Labute approximate surface area is 183 Å². The van der Waals surface area contributed by atoms with Crippen molar-refractivity contribution in [1.29, 1.82) is 0 Å². The second-order valence-electron chi connectivity index (χ2n) is 7.88. The smallest absolute Gasteiger partial charge is 0.239 e. The summed E-state index contributed by atoms with van der Waals surface area (Å²) in [5.41, 5.74) is 1.58. The SMILES string of the molecule is CCN(Cc1ccccc1)C(=O)[C@@H](C)N1CCN(CC(=O)Nc2cccc(F)c2)CC1. The highest BCUT2D eigenvalue weighted by Gasteiger charge is 2.28. The van der Waals surface area contributed by atoms with Crippen LogP contribution in [0.4, 0.5) is 10.1 Å². The minimum absolute atomic E-state index is 0.128. The second-order valence-corrected chi connectivity index (χ2v) is 7.88. The number of carbonyl (C=O) groups excluding carboxylic acids is 2. The number of rotatable bonds is 8. The third-order valence-corrected chi connectivity index (χ3v) is 5.70. The highest BCUT2D eigenvalue weighted by Crippen LogP contribution is 2.13. The van der Waals surface area contributed by atoms with E-state index in [0.29, 0.717) is 31.9 Å². The third kappa shape index (κ3) is 6.60. The standard InChI is InChI=1S/C24H31FN4O2/c1-3-28(17-20-8-5-4-6-9-20)24(31)19(2)29-14-12-27(13-15-29)18-23(30)26-22-11-7-10-21(25)16-22/h4-11,16,19H,3,12-15,17-18H2,1-2H3,(H,26,30)/t19-/m1/s1. The van der Waals surface area contributed by atoms with Gasteiger partial charge in [-0.05, 0) is 37.6 Å². The molecule has 7 heteroatoms. The summed E-state index contributed by atoms with van der Waals surface area (Å²) < 4.78 is 13.3. The van der Waals surface area contributed by atoms with E-state index in [1.165, 1.54) is 12.1 Å². The lowest BCUT2D eigenvalue weighted by Crippen LogP contribution is -2.55. The van der Waals surface area contributed by atoms with Crippen LogP contribution in [-0.4, -0.2) is 71.8 Å². The van der Waals surface area contributed by atoms with Crippen LogP contribution in [0.2, 0.25) is 0 Å². The van der Waals surface area contributed by atoms with Crippen LogP contribution in [0.1, 0.15) is 19.4 Å². The first kappa shape index (κ1) is 22.9. The minimum atomic E-state index is -0.376. The molecule has 1 aliphatic heterocycles. The van der Waals surface area contributed by atoms with Gasteiger partial charge in [0, 0.05) is 45.0 Å². The number of anilines is 1. The molecular weight excluding hydrogens is 395 g/mol. The number of nitrogens with one attached hydrogen (secondary N) is 1. The zero-order valence-corrected chi connectivity index (χ0v) is 18.3. The molecule has 2 aromatic carbocycles. The molecule has 1 atom stereocenters. The van der Waals surface area contributed by atoms with Gasteiger partial charge in [0.15, 0.2) is 0 Å². The Balaban J connectivity index is 1.46. The molecule has 0 aromatic heterocycles. The predicted octanol–water partition coefficient (Wildman–Crippen LogP) is 2.82. The van der Waals surface area contributed by atoms with Crippen LogP contribution in [0.25, 0.3) is 0 Å². The molecule has 1 fully saturated rings. The highest BCUT2D eigenvalue weighted by atomic mass is 19.1. The maximum absolute atomic E-state index is 13.3. The van der Waals surface area contributed by atoms with Crippen molar-refractivity contribution in [3.8, 4) is 0 Å². The van der Waals surface area contributed by atoms with Crippen LogP contribution in [0, 0.1) is 5.82 Å². The molecule has 0 saturated carbocycles. The molecule has 3 rings (SSSR count). The summed E-state index contributed by atoms with van der Waals surface area (Å²) in [6.45, 7) is 8.36. The lowest BCUT2D eigenvalue weighted by Gasteiger charge is -2.38. The molecule has 2 amide bonds. The number of halogens is 1. The Morgan fingerprint density at radius 3 is 2.42 bits per heavy atom. The second kappa shape index (κ2) is 11.0. The van der Waals surface area contributed by atoms with Gasteiger partial charge in [0.25, 0.3) is 0 Å². The van der Waals surface area contributed by atoms with Gasteiger partial charge in [0.2, 0.25) is 11.8 Å². The average Bonchev–Trinajstić information content (AvgIpc) is 2.77. The van der Waals surface area contributed by atoms with E-state index in [9.17, 15) is 14.0 Å². The molecule has 0 radical (unpaired) electrons. The fraction of sp³-hybridized carbons (Fsp3) is 0.417. The van der Waals surface area contributed by atoms with Gasteiger partial charge in [-0.2, -0.15) is 0 Å². The van der Waals surface area contributed by atoms with E-state index in [1.54, 1.807) is 12.1 Å². The first-order chi connectivity index (χ1) is 15.0. The highest BCUT2D eigenvalue weighted by molar-refractivity contribution is 5.92. The first-order valence-electron chi connectivity index (χ1n) is 10.8. The van der Waals surface area contributed by atoms with Gasteiger partial charge in [-0.3, -0.25) is 19.4 Å². The maximum atomic E-state index is 13.3. The van der Waals surface area contributed by atoms with Crippen LogP contribution in [-0.2, 0) is 16.1 Å². The normalized spacial score (nSPS) is 16.0. The summed E-state index contributed by atoms with van der Waals surface area (Å²) in [6.07, 6.45) is 0. The quantitative estimate of drug-likeness (QED) is 0.705. The first-order valence-corrected chi connectivity index (χ1v) is 10.8. The van der Waals surface area contributed by atoms with Crippen molar-refractivity contribution in [2.75, 3.05) is 44.6 Å². The number of hydrogen-bond donors (Lipinski definition) is 1. The number of piperazine rings is 1. The van der Waals surface area contributed by atoms with E-state index < -0.39 is 0 Å². The molecule has 1 aliphatic rings. The fourth-order valence-corrected chi connectivity index (χ4v) is 3.85. The lowest BCUT2D eigenvalue weighted by atomic mass is 10.1. The van der Waals surface area contributed by atoms with Gasteiger partial charge in [0.05, 0.1) is 12.6 Å². The molecule has 0 bridgehead atoms. The zero-order valence-electron chi connectivity index (χ0n) is 18.3. The van der Waals surface area contributed by atoms with Crippen molar-refractivity contribution < 1.29 is 14.0 Å². The van der Waals surface area contributed by atoms with Crippen LogP contribution < -0.4 is 5.32 Å². The molecule has 1 heterocycles. The number of carbonyl (C=O) groups is 2. The Hall–Kier alpha value is -2.77. The van der Waals surface area contributed by atoms with Crippen LogP contribution >= 0.6 is 0 Å². The summed E-state index contributed by atoms with van der Waals surface area (Å²) >= 11 is 0. The van der Waals surface area contributed by atoms with Gasteiger partial charge >= 0.3 is 0 Å². The van der Waals surface area contributed by atoms with E-state index in [4.69, 9.17) is 0 Å². The van der Waals surface area contributed by atoms with E-state index >= 15 is 0 Å². The minimum Gasteiger partial charge on any atom is -0.337 e. The summed E-state index contributed by atoms with van der Waals surface area (Å²) in [6, 6.07) is 15.7. The summed E-state index contributed by atoms with van der Waals surface area (Å²) in [5, 5.41) is 2.73. The number of benzene rings is 2. The van der Waals surface area contributed by atoms with Crippen molar-refractivity contribution in [3.63, 3.8) is 0 Å². The molecule has 6 nitrogen and oxygen atoms in total. The van der Waals surface area contributed by atoms with E-state index in [-0.39, 0.29) is 30.2 Å². The van der Waals surface area contributed by atoms with Crippen LogP contribution in [0.3, 0.4) is 0 Å². The Kier molecular flexibility index (Phi) is 8.14. The Morgan fingerprint density at radius 2 is 1.77 bits per heavy atom. The van der Waals surface area contributed by atoms with Crippen LogP contribution in [0.5, 0.6) is 0 Å². The number of nitrogens with zero attached hydrogens (tertiary/aromatic N) is 3. The van der Waals surface area contributed by atoms with Gasteiger partial charge in [-0.1, -0.05) is 36.4 Å². The van der Waals surface area contributed by atoms with Crippen molar-refractivity contribution in [1.82, 2.24) is 14.7 Å². The third-order valence-electron chi connectivity index (χ3n) is 5.70. The van der Waals surface area contributed by atoms with Gasteiger partial charge in [0.1, 0.15) is 5.82 Å². The van der Waals surface area contributed by atoms with Gasteiger partial charge in [-0.15, -0.1) is 0 Å². The Morgan fingerprint density at radius 1 is 1.06 bits per heavy atom. The van der Waals surface area contributed by atoms with E-state index in [1.807, 2.05) is 49.1 Å². The number of hydrogen-bond acceptors (Lipinski definition) is 4. The van der Waals surface area contributed by atoms with Crippen molar-refractivity contribution in [2.45, 2.75) is 26.4 Å². The molecule has 2 aromatic rings. The Bertz CT molecular complexity index is 869. The van der Waals surface area contributed by atoms with Gasteiger partial charge < -0.3 is 10.2 Å². The molecule has 1 N–H and O–H groups in total. The monoisotopic (exact) mass is 426 g/mol. The maximum Gasteiger partial charge on any atom is 0.239 e. The van der Waals surface area contributed by atoms with Gasteiger partial charge in [-0.25, -0.2) is 4.39 Å². The van der Waals surface area contributed by atoms with Crippen molar-refractivity contribution in [2.24, 2.45) is 0 Å². The molecule has 0 unspecified atom stereocenters. The van der Waals surface area contributed by atoms with Crippen molar-refractivity contribution in [3.05, 3.63) is 66.0 Å². The fourth-order valence-electron chi connectivity index (χ4n) is 3.85. The van der Waals surface area contributed by atoms with Crippen LogP contribution in [0.15, 0.2) is 54.6 Å². The molecule has 166 valence electrons. The molecule has 31 heavy (non-hydrogen) atoms. The van der Waals surface area contributed by atoms with E-state index in [2.05, 4.69) is 15.1 Å². The lowest BCUT2D eigenvalue weighted by molar-refractivity contribution is -0.137. The average molecular weight is 427 g/mol. The largest absolute Gasteiger partial charge is 0.337 e. The number of likely N-dealkylation sites (N-methyl/N-ethyl adjacent to an activating group) is 1. The van der Waals surface area contributed by atoms with E-state index in [0.717, 1.165) is 18.7 Å². The molecule has 0 spiro atoms. The topological polar surface area (TPSA) is 55.9 Å². The molecule has 1 saturated heterocycles.